The summed E-state index contributed by atoms with van der Waals surface area (Å²) in [5, 5.41) is 10.3. The van der Waals surface area contributed by atoms with Crippen LogP contribution in [-0.2, 0) is 12.8 Å². The summed E-state index contributed by atoms with van der Waals surface area (Å²) in [6, 6.07) is 19.1. The van der Waals surface area contributed by atoms with Gasteiger partial charge in [-0.1, -0.05) is 60.7 Å². The van der Waals surface area contributed by atoms with Gasteiger partial charge >= 0.3 is 5.56 Å². The maximum Gasteiger partial charge on any atom is 0.305 e. The summed E-state index contributed by atoms with van der Waals surface area (Å²) >= 11 is 0. The van der Waals surface area contributed by atoms with Crippen LogP contribution in [0, 0.1) is 0 Å². The van der Waals surface area contributed by atoms with Crippen molar-refractivity contribution < 1.29 is 9.94 Å². The van der Waals surface area contributed by atoms with Gasteiger partial charge < -0.3 is 9.94 Å². The standard InChI is InChI=1S/C19H18N2O3/c1-24-18-17(13-15-10-6-3-7-11-15)21(23)19(22)16(20-18)12-14-8-4-2-5-9-14/h2-11,23H,12-13H2,1H3. The highest BCUT2D eigenvalue weighted by Crippen LogP contribution is 2.18. The minimum Gasteiger partial charge on any atom is -0.480 e. The van der Waals surface area contributed by atoms with E-state index >= 15 is 0 Å². The first kappa shape index (κ1) is 15.8. The summed E-state index contributed by atoms with van der Waals surface area (Å²) in [6.07, 6.45) is 0.691. The predicted molar refractivity (Wildman–Crippen MR) is 90.7 cm³/mol. The SMILES string of the molecule is COc1nc(Cc2ccccc2)c(=O)n(O)c1Cc1ccccc1. The second kappa shape index (κ2) is 7.00. The molecule has 3 aromatic rings. The third-order valence-electron chi connectivity index (χ3n) is 3.80. The van der Waals surface area contributed by atoms with Crippen molar-refractivity contribution in [2.24, 2.45) is 0 Å². The minimum absolute atomic E-state index is 0.248. The van der Waals surface area contributed by atoms with Crippen LogP contribution in [0.2, 0.25) is 0 Å². The Morgan fingerprint density at radius 2 is 1.50 bits per heavy atom. The van der Waals surface area contributed by atoms with E-state index in [4.69, 9.17) is 4.74 Å². The third-order valence-corrected chi connectivity index (χ3v) is 3.80. The molecule has 0 atom stereocenters. The number of aromatic nitrogens is 2. The van der Waals surface area contributed by atoms with Gasteiger partial charge in [0.15, 0.2) is 0 Å². The Bertz CT molecular complexity index is 874. The van der Waals surface area contributed by atoms with Gasteiger partial charge in [-0.25, -0.2) is 4.98 Å². The smallest absolute Gasteiger partial charge is 0.305 e. The van der Waals surface area contributed by atoms with Gasteiger partial charge in [-0.05, 0) is 11.1 Å². The molecule has 0 unspecified atom stereocenters. The van der Waals surface area contributed by atoms with Crippen LogP contribution in [0.25, 0.3) is 0 Å². The lowest BCUT2D eigenvalue weighted by atomic mass is 10.1. The van der Waals surface area contributed by atoms with Crippen LogP contribution in [-0.4, -0.2) is 22.0 Å². The Labute approximate surface area is 139 Å². The summed E-state index contributed by atoms with van der Waals surface area (Å²) in [5.41, 5.74) is 1.96. The van der Waals surface area contributed by atoms with Gasteiger partial charge in [-0.2, -0.15) is 0 Å². The van der Waals surface area contributed by atoms with Crippen molar-refractivity contribution in [3.8, 4) is 5.88 Å². The molecule has 1 N–H and O–H groups in total. The molecule has 1 heterocycles. The highest BCUT2D eigenvalue weighted by molar-refractivity contribution is 5.30. The average molecular weight is 322 g/mol. The Morgan fingerprint density at radius 1 is 0.958 bits per heavy atom. The average Bonchev–Trinajstić information content (AvgIpc) is 2.63. The van der Waals surface area contributed by atoms with Gasteiger partial charge in [0.2, 0.25) is 5.88 Å². The monoisotopic (exact) mass is 322 g/mol. The number of methoxy groups -OCH3 is 1. The zero-order chi connectivity index (χ0) is 16.9. The zero-order valence-electron chi connectivity index (χ0n) is 13.3. The zero-order valence-corrected chi connectivity index (χ0v) is 13.3. The van der Waals surface area contributed by atoms with Gasteiger partial charge in [0.05, 0.1) is 7.11 Å². The number of rotatable bonds is 5. The van der Waals surface area contributed by atoms with Crippen LogP contribution >= 0.6 is 0 Å². The molecule has 5 heteroatoms. The maximum absolute atomic E-state index is 12.4. The topological polar surface area (TPSA) is 64.3 Å². The molecule has 122 valence electrons. The van der Waals surface area contributed by atoms with E-state index in [1.807, 2.05) is 60.7 Å². The van der Waals surface area contributed by atoms with Gasteiger partial charge in [-0.15, -0.1) is 4.73 Å². The maximum atomic E-state index is 12.4. The summed E-state index contributed by atoms with van der Waals surface area (Å²) in [5.74, 6) is 0.256. The van der Waals surface area contributed by atoms with Gasteiger partial charge in [-0.3, -0.25) is 4.79 Å². The molecule has 0 fully saturated rings. The lowest BCUT2D eigenvalue weighted by Gasteiger charge is -2.13. The number of hydrogen-bond acceptors (Lipinski definition) is 4. The number of hydrogen-bond donors (Lipinski definition) is 1. The normalized spacial score (nSPS) is 10.5. The van der Waals surface area contributed by atoms with E-state index in [1.165, 1.54) is 7.11 Å². The van der Waals surface area contributed by atoms with Crippen LogP contribution in [0.1, 0.15) is 22.5 Å². The summed E-state index contributed by atoms with van der Waals surface area (Å²) in [6.45, 7) is 0. The van der Waals surface area contributed by atoms with Crippen LogP contribution in [0.3, 0.4) is 0 Å². The van der Waals surface area contributed by atoms with Crippen molar-refractivity contribution in [1.82, 2.24) is 9.71 Å². The molecule has 0 radical (unpaired) electrons. The van der Waals surface area contributed by atoms with E-state index in [-0.39, 0.29) is 11.6 Å². The molecule has 1 aromatic heterocycles. The fourth-order valence-corrected chi connectivity index (χ4v) is 2.58. The molecule has 0 aliphatic heterocycles. The molecule has 0 amide bonds. The van der Waals surface area contributed by atoms with Crippen LogP contribution in [0.4, 0.5) is 0 Å². The highest BCUT2D eigenvalue weighted by atomic mass is 16.5. The highest BCUT2D eigenvalue weighted by Gasteiger charge is 2.17. The first-order valence-corrected chi connectivity index (χ1v) is 7.65. The quantitative estimate of drug-likeness (QED) is 0.734. The van der Waals surface area contributed by atoms with E-state index in [2.05, 4.69) is 4.98 Å². The fraction of sp³-hybridized carbons (Fsp3) is 0.158. The van der Waals surface area contributed by atoms with Crippen molar-refractivity contribution in [3.63, 3.8) is 0 Å². The molecule has 0 spiro atoms. The van der Waals surface area contributed by atoms with E-state index in [1.54, 1.807) is 0 Å². The Balaban J connectivity index is 2.00. The van der Waals surface area contributed by atoms with Crippen molar-refractivity contribution in [2.45, 2.75) is 12.8 Å². The van der Waals surface area contributed by atoms with Gasteiger partial charge in [0.1, 0.15) is 11.4 Å². The van der Waals surface area contributed by atoms with Crippen LogP contribution < -0.4 is 10.3 Å². The summed E-state index contributed by atoms with van der Waals surface area (Å²) in [4.78, 5) is 16.8. The van der Waals surface area contributed by atoms with E-state index < -0.39 is 5.56 Å². The van der Waals surface area contributed by atoms with Gasteiger partial charge in [0.25, 0.3) is 0 Å². The lowest BCUT2D eigenvalue weighted by molar-refractivity contribution is 0.158. The molecule has 5 nitrogen and oxygen atoms in total. The molecular formula is C19H18N2O3. The van der Waals surface area contributed by atoms with E-state index in [0.29, 0.717) is 23.3 Å². The molecule has 0 aliphatic rings. The molecule has 0 saturated carbocycles. The second-order valence-corrected chi connectivity index (χ2v) is 5.46. The first-order chi connectivity index (χ1) is 11.7. The Kier molecular flexibility index (Phi) is 4.61. The number of benzene rings is 2. The van der Waals surface area contributed by atoms with Crippen LogP contribution in [0.5, 0.6) is 5.88 Å². The second-order valence-electron chi connectivity index (χ2n) is 5.46. The Morgan fingerprint density at radius 3 is 2.04 bits per heavy atom. The molecule has 24 heavy (non-hydrogen) atoms. The molecular weight excluding hydrogens is 304 g/mol. The van der Waals surface area contributed by atoms with E-state index in [9.17, 15) is 10.0 Å². The van der Waals surface area contributed by atoms with Crippen LogP contribution in [0.15, 0.2) is 65.5 Å². The fourth-order valence-electron chi connectivity index (χ4n) is 2.58. The number of nitrogens with zero attached hydrogens (tertiary/aromatic N) is 2. The predicted octanol–water partition coefficient (Wildman–Crippen LogP) is 2.67. The Hall–Kier alpha value is -3.08. The third kappa shape index (κ3) is 3.30. The molecule has 0 bridgehead atoms. The van der Waals surface area contributed by atoms with Crippen molar-refractivity contribution in [2.75, 3.05) is 7.11 Å². The first-order valence-electron chi connectivity index (χ1n) is 7.65. The molecule has 0 saturated heterocycles. The van der Waals surface area contributed by atoms with Crippen molar-refractivity contribution in [3.05, 3.63) is 93.5 Å². The van der Waals surface area contributed by atoms with Crippen molar-refractivity contribution >= 4 is 0 Å². The minimum atomic E-state index is -0.523. The molecule has 0 aliphatic carbocycles. The molecule has 2 aromatic carbocycles. The van der Waals surface area contributed by atoms with Gasteiger partial charge in [0, 0.05) is 12.8 Å². The summed E-state index contributed by atoms with van der Waals surface area (Å²) < 4.78 is 5.95. The van der Waals surface area contributed by atoms with Crippen molar-refractivity contribution in [1.29, 1.82) is 0 Å². The molecule has 3 rings (SSSR count). The lowest BCUT2D eigenvalue weighted by Crippen LogP contribution is -2.28. The number of ether oxygens (including phenoxy) is 1. The summed E-state index contributed by atoms with van der Waals surface area (Å²) in [7, 11) is 1.48. The largest absolute Gasteiger partial charge is 0.480 e. The van der Waals surface area contributed by atoms with E-state index in [0.717, 1.165) is 11.1 Å².